The Morgan fingerprint density at radius 3 is 2.45 bits per heavy atom. The third-order valence-electron chi connectivity index (χ3n) is 2.88. The van der Waals surface area contributed by atoms with Gasteiger partial charge in [-0.3, -0.25) is 4.79 Å². The van der Waals surface area contributed by atoms with E-state index in [1.165, 1.54) is 0 Å². The van der Waals surface area contributed by atoms with Gasteiger partial charge in [-0.1, -0.05) is 28.1 Å². The van der Waals surface area contributed by atoms with Crippen molar-refractivity contribution in [3.8, 4) is 0 Å². The topological polar surface area (TPSA) is 67.4 Å². The normalized spacial score (nSPS) is 9.91. The summed E-state index contributed by atoms with van der Waals surface area (Å²) in [5.41, 5.74) is 1.68. The molecule has 0 atom stereocenters. The summed E-state index contributed by atoms with van der Waals surface area (Å²) in [4.78, 5) is 23.7. The highest BCUT2D eigenvalue weighted by molar-refractivity contribution is 9.10. The largest absolute Gasteiger partial charge is 0.452 e. The summed E-state index contributed by atoms with van der Waals surface area (Å²) in [6.07, 6.45) is 0. The number of anilines is 2. The first-order valence-electron chi connectivity index (χ1n) is 6.59. The lowest BCUT2D eigenvalue weighted by molar-refractivity contribution is -0.119. The number of carbonyl (C=O) groups is 2. The van der Waals surface area contributed by atoms with E-state index in [1.54, 1.807) is 37.4 Å². The molecule has 2 aromatic carbocycles. The van der Waals surface area contributed by atoms with Crippen LogP contribution in [0.4, 0.5) is 11.4 Å². The number of rotatable bonds is 5. The summed E-state index contributed by atoms with van der Waals surface area (Å²) in [5.74, 6) is -0.937. The van der Waals surface area contributed by atoms with Gasteiger partial charge in [0.2, 0.25) is 0 Å². The Kier molecular flexibility index (Phi) is 5.55. The van der Waals surface area contributed by atoms with Crippen LogP contribution in [0.1, 0.15) is 10.4 Å². The summed E-state index contributed by atoms with van der Waals surface area (Å²) in [6, 6.07) is 14.1. The molecule has 0 radical (unpaired) electrons. The fourth-order valence-electron chi connectivity index (χ4n) is 1.82. The highest BCUT2D eigenvalue weighted by atomic mass is 79.9. The lowest BCUT2D eigenvalue weighted by atomic mass is 10.2. The van der Waals surface area contributed by atoms with Crippen LogP contribution in [0, 0.1) is 0 Å². The van der Waals surface area contributed by atoms with Crippen LogP contribution >= 0.6 is 15.9 Å². The lowest BCUT2D eigenvalue weighted by Gasteiger charge is -2.09. The molecule has 0 aliphatic rings. The third-order valence-corrected chi connectivity index (χ3v) is 3.41. The van der Waals surface area contributed by atoms with Crippen LogP contribution in [0.25, 0.3) is 0 Å². The van der Waals surface area contributed by atoms with Crippen LogP contribution in [-0.4, -0.2) is 25.5 Å². The molecule has 0 saturated heterocycles. The van der Waals surface area contributed by atoms with E-state index >= 15 is 0 Å². The summed E-state index contributed by atoms with van der Waals surface area (Å²) in [5, 5.41) is 5.56. The van der Waals surface area contributed by atoms with Crippen molar-refractivity contribution in [2.45, 2.75) is 0 Å². The number of hydrogen-bond acceptors (Lipinski definition) is 4. The van der Waals surface area contributed by atoms with Gasteiger partial charge in [0.15, 0.2) is 6.61 Å². The van der Waals surface area contributed by atoms with E-state index < -0.39 is 11.9 Å². The van der Waals surface area contributed by atoms with E-state index in [0.29, 0.717) is 16.9 Å². The van der Waals surface area contributed by atoms with Crippen molar-refractivity contribution in [2.75, 3.05) is 24.3 Å². The van der Waals surface area contributed by atoms with Gasteiger partial charge in [0.1, 0.15) is 0 Å². The van der Waals surface area contributed by atoms with E-state index in [9.17, 15) is 9.59 Å². The molecule has 2 rings (SSSR count). The summed E-state index contributed by atoms with van der Waals surface area (Å²) < 4.78 is 5.95. The molecule has 1 amide bonds. The Balaban J connectivity index is 1.90. The molecule has 114 valence electrons. The fraction of sp³-hybridized carbons (Fsp3) is 0.125. The number of halogens is 1. The molecule has 0 spiro atoms. The molecule has 0 saturated carbocycles. The van der Waals surface area contributed by atoms with Crippen LogP contribution < -0.4 is 10.6 Å². The first kappa shape index (κ1) is 16.0. The molecule has 0 aromatic heterocycles. The zero-order valence-electron chi connectivity index (χ0n) is 11.9. The van der Waals surface area contributed by atoms with Crippen LogP contribution in [0.3, 0.4) is 0 Å². The van der Waals surface area contributed by atoms with Crippen molar-refractivity contribution in [3.05, 3.63) is 58.6 Å². The SMILES string of the molecule is CNc1ccccc1C(=O)OCC(=O)Nc1ccc(Br)cc1. The van der Waals surface area contributed by atoms with Crippen LogP contribution in [-0.2, 0) is 9.53 Å². The van der Waals surface area contributed by atoms with E-state index in [-0.39, 0.29) is 6.61 Å². The number of esters is 1. The van der Waals surface area contributed by atoms with Crippen molar-refractivity contribution in [2.24, 2.45) is 0 Å². The van der Waals surface area contributed by atoms with Gasteiger partial charge < -0.3 is 15.4 Å². The number of para-hydroxylation sites is 1. The second kappa shape index (κ2) is 7.61. The van der Waals surface area contributed by atoms with E-state index in [4.69, 9.17) is 4.74 Å². The van der Waals surface area contributed by atoms with Gasteiger partial charge >= 0.3 is 5.97 Å². The lowest BCUT2D eigenvalue weighted by Crippen LogP contribution is -2.21. The maximum Gasteiger partial charge on any atom is 0.340 e. The quantitative estimate of drug-likeness (QED) is 0.800. The molecule has 0 heterocycles. The Labute approximate surface area is 136 Å². The molecule has 5 nitrogen and oxygen atoms in total. The van der Waals surface area contributed by atoms with Crippen molar-refractivity contribution in [3.63, 3.8) is 0 Å². The van der Waals surface area contributed by atoms with Gasteiger partial charge in [-0.2, -0.15) is 0 Å². The molecule has 22 heavy (non-hydrogen) atoms. The summed E-state index contributed by atoms with van der Waals surface area (Å²) in [6.45, 7) is -0.340. The maximum absolute atomic E-state index is 12.0. The first-order valence-corrected chi connectivity index (χ1v) is 7.39. The van der Waals surface area contributed by atoms with Gasteiger partial charge in [-0.15, -0.1) is 0 Å². The highest BCUT2D eigenvalue weighted by Crippen LogP contribution is 2.16. The monoisotopic (exact) mass is 362 g/mol. The van der Waals surface area contributed by atoms with E-state index in [2.05, 4.69) is 26.6 Å². The zero-order valence-corrected chi connectivity index (χ0v) is 13.5. The van der Waals surface area contributed by atoms with Gasteiger partial charge in [0, 0.05) is 22.9 Å². The highest BCUT2D eigenvalue weighted by Gasteiger charge is 2.13. The van der Waals surface area contributed by atoms with Crippen LogP contribution in [0.5, 0.6) is 0 Å². The van der Waals surface area contributed by atoms with Crippen molar-refractivity contribution >= 4 is 39.2 Å². The smallest absolute Gasteiger partial charge is 0.340 e. The van der Waals surface area contributed by atoms with E-state index in [0.717, 1.165) is 4.47 Å². The molecule has 2 N–H and O–H groups in total. The number of amides is 1. The van der Waals surface area contributed by atoms with E-state index in [1.807, 2.05) is 18.2 Å². The predicted molar refractivity (Wildman–Crippen MR) is 89.0 cm³/mol. The van der Waals surface area contributed by atoms with Crippen LogP contribution in [0.15, 0.2) is 53.0 Å². The van der Waals surface area contributed by atoms with Crippen molar-refractivity contribution in [1.82, 2.24) is 0 Å². The van der Waals surface area contributed by atoms with Crippen LogP contribution in [0.2, 0.25) is 0 Å². The fourth-order valence-corrected chi connectivity index (χ4v) is 2.08. The molecular weight excluding hydrogens is 348 g/mol. The third kappa shape index (κ3) is 4.33. The minimum Gasteiger partial charge on any atom is -0.452 e. The number of benzene rings is 2. The molecule has 2 aromatic rings. The molecule has 0 aliphatic carbocycles. The molecule has 6 heteroatoms. The van der Waals surface area contributed by atoms with Gasteiger partial charge in [0.05, 0.1) is 5.56 Å². The number of hydrogen-bond donors (Lipinski definition) is 2. The molecular formula is C16H15BrN2O3. The second-order valence-corrected chi connectivity index (χ2v) is 5.34. The minimum atomic E-state index is -0.545. The Hall–Kier alpha value is -2.34. The zero-order chi connectivity index (χ0) is 15.9. The average molecular weight is 363 g/mol. The van der Waals surface area contributed by atoms with Gasteiger partial charge in [-0.25, -0.2) is 4.79 Å². The molecule has 0 fully saturated rings. The van der Waals surface area contributed by atoms with Crippen molar-refractivity contribution in [1.29, 1.82) is 0 Å². The Morgan fingerprint density at radius 2 is 1.77 bits per heavy atom. The standard InChI is InChI=1S/C16H15BrN2O3/c1-18-14-5-3-2-4-13(14)16(21)22-10-15(20)19-12-8-6-11(17)7-9-12/h2-9,18H,10H2,1H3,(H,19,20). The molecule has 0 aliphatic heterocycles. The minimum absolute atomic E-state index is 0.340. The molecule has 0 unspecified atom stereocenters. The van der Waals surface area contributed by atoms with Crippen molar-refractivity contribution < 1.29 is 14.3 Å². The second-order valence-electron chi connectivity index (χ2n) is 4.43. The first-order chi connectivity index (χ1) is 10.6. The summed E-state index contributed by atoms with van der Waals surface area (Å²) in [7, 11) is 1.71. The number of ether oxygens (including phenoxy) is 1. The Bertz CT molecular complexity index is 671. The average Bonchev–Trinajstić information content (AvgIpc) is 2.54. The van der Waals surface area contributed by atoms with Gasteiger partial charge in [-0.05, 0) is 36.4 Å². The number of carbonyl (C=O) groups excluding carboxylic acids is 2. The summed E-state index contributed by atoms with van der Waals surface area (Å²) >= 11 is 3.31. The predicted octanol–water partition coefficient (Wildman–Crippen LogP) is 3.29. The maximum atomic E-state index is 12.0. The Morgan fingerprint density at radius 1 is 1.09 bits per heavy atom. The number of nitrogens with one attached hydrogen (secondary N) is 2. The molecule has 0 bridgehead atoms. The van der Waals surface area contributed by atoms with Gasteiger partial charge in [0.25, 0.3) is 5.91 Å².